The van der Waals surface area contributed by atoms with E-state index in [-0.39, 0.29) is 5.91 Å². The lowest BCUT2D eigenvalue weighted by Gasteiger charge is -2.37. The van der Waals surface area contributed by atoms with E-state index < -0.39 is 0 Å². The summed E-state index contributed by atoms with van der Waals surface area (Å²) >= 11 is 0. The predicted octanol–water partition coefficient (Wildman–Crippen LogP) is 2.41. The van der Waals surface area contributed by atoms with Crippen molar-refractivity contribution in [2.75, 3.05) is 13.1 Å². The molecule has 1 amide bonds. The molecule has 0 spiro atoms. The summed E-state index contributed by atoms with van der Waals surface area (Å²) in [6, 6.07) is 1.16. The van der Waals surface area contributed by atoms with Crippen LogP contribution in [0.5, 0.6) is 0 Å². The van der Waals surface area contributed by atoms with Crippen LogP contribution in [0.4, 0.5) is 0 Å². The third-order valence-electron chi connectivity index (χ3n) is 4.77. The zero-order chi connectivity index (χ0) is 13.1. The number of likely N-dealkylation sites (tertiary alicyclic amines) is 1. The van der Waals surface area contributed by atoms with Gasteiger partial charge in [0.1, 0.15) is 0 Å². The van der Waals surface area contributed by atoms with Gasteiger partial charge in [-0.2, -0.15) is 0 Å². The molecule has 0 aromatic rings. The Morgan fingerprint density at radius 3 is 2.72 bits per heavy atom. The molecule has 18 heavy (non-hydrogen) atoms. The summed E-state index contributed by atoms with van der Waals surface area (Å²) in [6.07, 6.45) is 6.65. The first-order valence-electron chi connectivity index (χ1n) is 7.57. The Hall–Kier alpha value is -0.570. The molecule has 1 heterocycles. The van der Waals surface area contributed by atoms with Crippen molar-refractivity contribution < 1.29 is 4.79 Å². The smallest absolute Gasteiger partial charge is 0.217 e. The topological polar surface area (TPSA) is 32.3 Å². The molecule has 3 atom stereocenters. The quantitative estimate of drug-likeness (QED) is 0.836. The van der Waals surface area contributed by atoms with Gasteiger partial charge >= 0.3 is 0 Å². The molecule has 0 radical (unpaired) electrons. The molecule has 3 nitrogen and oxygen atoms in total. The Morgan fingerprint density at radius 2 is 2.06 bits per heavy atom. The van der Waals surface area contributed by atoms with Crippen LogP contribution in [0.3, 0.4) is 0 Å². The number of carbonyl (C=O) groups is 1. The van der Waals surface area contributed by atoms with E-state index in [1.54, 1.807) is 6.92 Å². The van der Waals surface area contributed by atoms with E-state index in [2.05, 4.69) is 24.1 Å². The van der Waals surface area contributed by atoms with Crippen LogP contribution in [0.15, 0.2) is 0 Å². The molecule has 2 aliphatic rings. The first-order chi connectivity index (χ1) is 8.56. The van der Waals surface area contributed by atoms with Gasteiger partial charge in [-0.05, 0) is 31.1 Å². The second kappa shape index (κ2) is 6.05. The van der Waals surface area contributed by atoms with Crippen molar-refractivity contribution in [1.29, 1.82) is 0 Å². The largest absolute Gasteiger partial charge is 0.352 e. The number of carbonyl (C=O) groups excluding carboxylic acids is 1. The Labute approximate surface area is 111 Å². The third kappa shape index (κ3) is 3.47. The summed E-state index contributed by atoms with van der Waals surface area (Å²) in [4.78, 5) is 13.7. The average molecular weight is 252 g/mol. The first kappa shape index (κ1) is 13.9. The fourth-order valence-electron chi connectivity index (χ4n) is 3.66. The van der Waals surface area contributed by atoms with Crippen LogP contribution in [-0.4, -0.2) is 36.0 Å². The van der Waals surface area contributed by atoms with Gasteiger partial charge in [0.25, 0.3) is 0 Å². The van der Waals surface area contributed by atoms with Crippen molar-refractivity contribution >= 4 is 5.91 Å². The maximum absolute atomic E-state index is 11.1. The Kier molecular flexibility index (Phi) is 4.66. The van der Waals surface area contributed by atoms with Crippen LogP contribution in [0.2, 0.25) is 0 Å². The van der Waals surface area contributed by atoms with Crippen LogP contribution in [0, 0.1) is 11.8 Å². The number of rotatable bonds is 3. The highest BCUT2D eigenvalue weighted by atomic mass is 16.1. The minimum atomic E-state index is 0.116. The van der Waals surface area contributed by atoms with Crippen molar-refractivity contribution in [2.45, 2.75) is 65.0 Å². The van der Waals surface area contributed by atoms with Gasteiger partial charge in [-0.25, -0.2) is 0 Å². The van der Waals surface area contributed by atoms with Gasteiger partial charge in [0, 0.05) is 32.1 Å². The van der Waals surface area contributed by atoms with E-state index in [0.29, 0.717) is 6.04 Å². The van der Waals surface area contributed by atoms with E-state index >= 15 is 0 Å². The van der Waals surface area contributed by atoms with Gasteiger partial charge < -0.3 is 5.32 Å². The summed E-state index contributed by atoms with van der Waals surface area (Å²) in [5.74, 6) is 1.84. The van der Waals surface area contributed by atoms with Crippen molar-refractivity contribution in [3.8, 4) is 0 Å². The second-order valence-corrected chi connectivity index (χ2v) is 6.51. The molecular formula is C15H28N2O. The Balaban J connectivity index is 1.83. The molecule has 0 bridgehead atoms. The summed E-state index contributed by atoms with van der Waals surface area (Å²) in [7, 11) is 0. The summed E-state index contributed by atoms with van der Waals surface area (Å²) in [5.41, 5.74) is 0. The Bertz CT molecular complexity index is 290. The zero-order valence-corrected chi connectivity index (χ0v) is 12.1. The molecule has 0 aromatic carbocycles. The molecule has 1 saturated carbocycles. The van der Waals surface area contributed by atoms with Crippen LogP contribution < -0.4 is 5.32 Å². The van der Waals surface area contributed by atoms with Crippen LogP contribution >= 0.6 is 0 Å². The molecular weight excluding hydrogens is 224 g/mol. The van der Waals surface area contributed by atoms with Crippen LogP contribution in [-0.2, 0) is 4.79 Å². The molecule has 1 aliphatic carbocycles. The van der Waals surface area contributed by atoms with E-state index in [1.165, 1.54) is 32.2 Å². The highest BCUT2D eigenvalue weighted by Gasteiger charge is 2.32. The first-order valence-corrected chi connectivity index (χ1v) is 7.57. The fourth-order valence-corrected chi connectivity index (χ4v) is 3.66. The van der Waals surface area contributed by atoms with Gasteiger partial charge in [-0.3, -0.25) is 9.69 Å². The molecule has 2 rings (SSSR count). The number of nitrogens with one attached hydrogen (secondary N) is 1. The number of nitrogens with zero attached hydrogens (tertiary/aromatic N) is 1. The van der Waals surface area contributed by atoms with Crippen molar-refractivity contribution in [3.05, 3.63) is 0 Å². The molecule has 1 saturated heterocycles. The zero-order valence-electron chi connectivity index (χ0n) is 12.1. The van der Waals surface area contributed by atoms with Crippen LogP contribution in [0.25, 0.3) is 0 Å². The minimum Gasteiger partial charge on any atom is -0.352 e. The summed E-state index contributed by atoms with van der Waals surface area (Å²) in [5, 5.41) is 3.06. The van der Waals surface area contributed by atoms with Crippen molar-refractivity contribution in [1.82, 2.24) is 10.2 Å². The van der Waals surface area contributed by atoms with Gasteiger partial charge in [-0.1, -0.05) is 26.7 Å². The fraction of sp³-hybridized carbons (Fsp3) is 0.933. The lowest BCUT2D eigenvalue weighted by molar-refractivity contribution is -0.119. The highest BCUT2D eigenvalue weighted by Crippen LogP contribution is 2.33. The second-order valence-electron chi connectivity index (χ2n) is 6.51. The van der Waals surface area contributed by atoms with Gasteiger partial charge in [-0.15, -0.1) is 0 Å². The third-order valence-corrected chi connectivity index (χ3v) is 4.77. The SMILES string of the molecule is CC(=O)NC1CCN(C2CCCC(C(C)C)C2)C1. The molecule has 2 fully saturated rings. The summed E-state index contributed by atoms with van der Waals surface area (Å²) in [6.45, 7) is 8.57. The Morgan fingerprint density at radius 1 is 1.28 bits per heavy atom. The monoisotopic (exact) mass is 252 g/mol. The molecule has 3 heteroatoms. The molecule has 3 unspecified atom stereocenters. The van der Waals surface area contributed by atoms with Gasteiger partial charge in [0.05, 0.1) is 0 Å². The van der Waals surface area contributed by atoms with Crippen molar-refractivity contribution in [2.24, 2.45) is 11.8 Å². The van der Waals surface area contributed by atoms with E-state index in [9.17, 15) is 4.79 Å². The average Bonchev–Trinajstić information content (AvgIpc) is 2.77. The van der Waals surface area contributed by atoms with Gasteiger partial charge in [0.2, 0.25) is 5.91 Å². The highest BCUT2D eigenvalue weighted by molar-refractivity contribution is 5.73. The maximum Gasteiger partial charge on any atom is 0.217 e. The normalized spacial score (nSPS) is 33.9. The number of hydrogen-bond donors (Lipinski definition) is 1. The van der Waals surface area contributed by atoms with E-state index in [4.69, 9.17) is 0 Å². The standard InChI is InChI=1S/C15H28N2O/c1-11(2)13-5-4-6-15(9-13)17-8-7-14(10-17)16-12(3)18/h11,13-15H,4-10H2,1-3H3,(H,16,18). The summed E-state index contributed by atoms with van der Waals surface area (Å²) < 4.78 is 0. The molecule has 1 aliphatic heterocycles. The van der Waals surface area contributed by atoms with Crippen LogP contribution in [0.1, 0.15) is 52.9 Å². The lowest BCUT2D eigenvalue weighted by atomic mass is 9.79. The van der Waals surface area contributed by atoms with Crippen molar-refractivity contribution in [3.63, 3.8) is 0 Å². The predicted molar refractivity (Wildman–Crippen MR) is 74.4 cm³/mol. The number of amides is 1. The van der Waals surface area contributed by atoms with Gasteiger partial charge in [0.15, 0.2) is 0 Å². The molecule has 104 valence electrons. The molecule has 1 N–H and O–H groups in total. The van der Waals surface area contributed by atoms with E-state index in [0.717, 1.165) is 30.8 Å². The lowest BCUT2D eigenvalue weighted by Crippen LogP contribution is -2.41. The van der Waals surface area contributed by atoms with E-state index in [1.807, 2.05) is 0 Å². The minimum absolute atomic E-state index is 0.116. The maximum atomic E-state index is 11.1. The number of hydrogen-bond acceptors (Lipinski definition) is 2. The molecule has 0 aromatic heterocycles.